The van der Waals surface area contributed by atoms with Crippen LogP contribution in [-0.4, -0.2) is 40.3 Å². The average Bonchev–Trinajstić information content (AvgIpc) is 3.10. The van der Waals surface area contributed by atoms with Gasteiger partial charge in [0.2, 0.25) is 5.91 Å². The number of carbonyl (C=O) groups is 3. The molecule has 1 aromatic carbocycles. The van der Waals surface area contributed by atoms with Gasteiger partial charge < -0.3 is 10.6 Å². The number of benzene rings is 1. The lowest BCUT2D eigenvalue weighted by Crippen LogP contribution is -2.34. The number of aryl methyl sites for hydroxylation is 1. The van der Waals surface area contributed by atoms with Crippen molar-refractivity contribution in [2.75, 3.05) is 11.9 Å². The molecular formula is C17H18N4O3S. The summed E-state index contributed by atoms with van der Waals surface area (Å²) in [4.78, 5) is 41.7. The second-order valence-corrected chi connectivity index (χ2v) is 6.63. The van der Waals surface area contributed by atoms with Crippen LogP contribution >= 0.6 is 11.3 Å². The van der Waals surface area contributed by atoms with Crippen molar-refractivity contribution in [2.24, 2.45) is 0 Å². The van der Waals surface area contributed by atoms with Gasteiger partial charge in [0, 0.05) is 11.9 Å². The highest BCUT2D eigenvalue weighted by molar-refractivity contribution is 7.13. The zero-order valence-electron chi connectivity index (χ0n) is 13.7. The number of hydrogen-bond donors (Lipinski definition) is 2. The first-order valence-electron chi connectivity index (χ1n) is 7.90. The lowest BCUT2D eigenvalue weighted by molar-refractivity contribution is -0.129. The van der Waals surface area contributed by atoms with E-state index in [1.807, 2.05) is 42.6 Å². The van der Waals surface area contributed by atoms with Crippen molar-refractivity contribution in [2.45, 2.75) is 25.8 Å². The van der Waals surface area contributed by atoms with Gasteiger partial charge in [-0.15, -0.1) is 11.3 Å². The minimum absolute atomic E-state index is 0.106. The summed E-state index contributed by atoms with van der Waals surface area (Å²) in [5.74, 6) is -0.718. The molecule has 25 heavy (non-hydrogen) atoms. The summed E-state index contributed by atoms with van der Waals surface area (Å²) in [6, 6.07) is 8.34. The van der Waals surface area contributed by atoms with E-state index in [2.05, 4.69) is 15.6 Å². The fourth-order valence-electron chi connectivity index (χ4n) is 2.58. The van der Waals surface area contributed by atoms with Crippen molar-refractivity contribution < 1.29 is 14.4 Å². The van der Waals surface area contributed by atoms with E-state index in [1.165, 1.54) is 16.2 Å². The van der Waals surface area contributed by atoms with Crippen LogP contribution in [-0.2, 0) is 16.0 Å². The van der Waals surface area contributed by atoms with Gasteiger partial charge in [0.1, 0.15) is 6.04 Å². The number of aromatic nitrogens is 1. The molecule has 2 aromatic rings. The highest BCUT2D eigenvalue weighted by Gasteiger charge is 2.38. The number of rotatable bonds is 6. The molecule has 7 nitrogen and oxygen atoms in total. The van der Waals surface area contributed by atoms with Gasteiger partial charge in [-0.25, -0.2) is 9.78 Å². The van der Waals surface area contributed by atoms with E-state index in [0.717, 1.165) is 11.3 Å². The molecule has 0 spiro atoms. The Morgan fingerprint density at radius 2 is 2.08 bits per heavy atom. The lowest BCUT2D eigenvalue weighted by Gasteiger charge is -2.12. The first kappa shape index (κ1) is 17.1. The fraction of sp³-hybridized carbons (Fsp3) is 0.294. The standard InChI is InChI=1S/C17H18N4O3S/c1-11-10-25-16(18-11)20-14(22)9-13-15(23)21(17(24)19-13)8-7-12-5-3-2-4-6-12/h2-6,10,13H,7-9H2,1H3,(H,19,24)(H,18,20,22)/t13-/m0/s1. The topological polar surface area (TPSA) is 91.4 Å². The van der Waals surface area contributed by atoms with Gasteiger partial charge in [0.15, 0.2) is 5.13 Å². The Bertz CT molecular complexity index is 790. The summed E-state index contributed by atoms with van der Waals surface area (Å²) < 4.78 is 0. The van der Waals surface area contributed by atoms with Crippen molar-refractivity contribution in [3.63, 3.8) is 0 Å². The summed E-state index contributed by atoms with van der Waals surface area (Å²) in [5.41, 5.74) is 1.86. The summed E-state index contributed by atoms with van der Waals surface area (Å²) in [6.07, 6.45) is 0.475. The zero-order chi connectivity index (χ0) is 17.8. The third-order valence-electron chi connectivity index (χ3n) is 3.83. The predicted molar refractivity (Wildman–Crippen MR) is 94.3 cm³/mol. The minimum Gasteiger partial charge on any atom is -0.325 e. The molecule has 2 N–H and O–H groups in total. The van der Waals surface area contributed by atoms with Crippen LogP contribution in [0.4, 0.5) is 9.93 Å². The normalized spacial score (nSPS) is 16.8. The summed E-state index contributed by atoms with van der Waals surface area (Å²) >= 11 is 1.32. The van der Waals surface area contributed by atoms with Crippen LogP contribution in [0.15, 0.2) is 35.7 Å². The molecule has 1 aromatic heterocycles. The molecule has 0 aliphatic carbocycles. The number of hydrogen-bond acceptors (Lipinski definition) is 5. The van der Waals surface area contributed by atoms with Crippen LogP contribution in [0.1, 0.15) is 17.7 Å². The van der Waals surface area contributed by atoms with E-state index in [0.29, 0.717) is 18.1 Å². The molecule has 4 amide bonds. The molecule has 1 fully saturated rings. The van der Waals surface area contributed by atoms with Crippen molar-refractivity contribution in [1.29, 1.82) is 0 Å². The average molecular weight is 358 g/mol. The Balaban J connectivity index is 1.54. The van der Waals surface area contributed by atoms with Crippen molar-refractivity contribution in [3.8, 4) is 0 Å². The largest absolute Gasteiger partial charge is 0.325 e. The molecule has 1 aliphatic heterocycles. The van der Waals surface area contributed by atoms with E-state index >= 15 is 0 Å². The van der Waals surface area contributed by atoms with Crippen molar-refractivity contribution in [3.05, 3.63) is 47.0 Å². The van der Waals surface area contributed by atoms with Crippen LogP contribution < -0.4 is 10.6 Å². The molecule has 1 aliphatic rings. The summed E-state index contributed by atoms with van der Waals surface area (Å²) in [5, 5.41) is 7.52. The predicted octanol–water partition coefficient (Wildman–Crippen LogP) is 1.94. The molecule has 0 radical (unpaired) electrons. The van der Waals surface area contributed by atoms with E-state index in [4.69, 9.17) is 0 Å². The molecule has 3 rings (SSSR count). The molecule has 8 heteroatoms. The number of thiazole rings is 1. The Morgan fingerprint density at radius 1 is 1.32 bits per heavy atom. The number of nitrogens with one attached hydrogen (secondary N) is 2. The second-order valence-electron chi connectivity index (χ2n) is 5.77. The van der Waals surface area contributed by atoms with Crippen molar-refractivity contribution in [1.82, 2.24) is 15.2 Å². The summed E-state index contributed by atoms with van der Waals surface area (Å²) in [6.45, 7) is 2.12. The molecule has 1 atom stereocenters. The van der Waals surface area contributed by atoms with Gasteiger partial charge >= 0.3 is 6.03 Å². The van der Waals surface area contributed by atoms with Crippen LogP contribution in [0.25, 0.3) is 0 Å². The summed E-state index contributed by atoms with van der Waals surface area (Å²) in [7, 11) is 0. The van der Waals surface area contributed by atoms with Gasteiger partial charge in [0.25, 0.3) is 5.91 Å². The Hall–Kier alpha value is -2.74. The van der Waals surface area contributed by atoms with Crippen LogP contribution in [0.3, 0.4) is 0 Å². The Labute approximate surface area is 149 Å². The SMILES string of the molecule is Cc1csc(NC(=O)C[C@@H]2NC(=O)N(CCc3ccccc3)C2=O)n1. The highest BCUT2D eigenvalue weighted by atomic mass is 32.1. The van der Waals surface area contributed by atoms with E-state index in [9.17, 15) is 14.4 Å². The monoisotopic (exact) mass is 358 g/mol. The van der Waals surface area contributed by atoms with E-state index < -0.39 is 12.1 Å². The van der Waals surface area contributed by atoms with Crippen LogP contribution in [0.2, 0.25) is 0 Å². The third kappa shape index (κ3) is 4.21. The minimum atomic E-state index is -0.829. The maximum Gasteiger partial charge on any atom is 0.324 e. The van der Waals surface area contributed by atoms with Gasteiger partial charge in [-0.3, -0.25) is 14.5 Å². The van der Waals surface area contributed by atoms with E-state index in [-0.39, 0.29) is 18.2 Å². The quantitative estimate of drug-likeness (QED) is 0.772. The number of urea groups is 1. The first-order valence-corrected chi connectivity index (χ1v) is 8.78. The number of carbonyl (C=O) groups excluding carboxylic acids is 3. The van der Waals surface area contributed by atoms with Crippen LogP contribution in [0, 0.1) is 6.92 Å². The van der Waals surface area contributed by atoms with Gasteiger partial charge in [-0.05, 0) is 18.9 Å². The Morgan fingerprint density at radius 3 is 2.76 bits per heavy atom. The molecule has 0 bridgehead atoms. The molecule has 0 unspecified atom stereocenters. The van der Waals surface area contributed by atoms with E-state index in [1.54, 1.807) is 0 Å². The van der Waals surface area contributed by atoms with Gasteiger partial charge in [-0.2, -0.15) is 0 Å². The molecule has 130 valence electrons. The first-order chi connectivity index (χ1) is 12.0. The number of amides is 4. The fourth-order valence-corrected chi connectivity index (χ4v) is 3.28. The zero-order valence-corrected chi connectivity index (χ0v) is 14.5. The molecule has 1 saturated heterocycles. The molecular weight excluding hydrogens is 340 g/mol. The second kappa shape index (κ2) is 7.43. The van der Waals surface area contributed by atoms with Crippen molar-refractivity contribution >= 4 is 34.3 Å². The number of imide groups is 1. The molecule has 0 saturated carbocycles. The Kier molecular flexibility index (Phi) is 5.08. The third-order valence-corrected chi connectivity index (χ3v) is 4.70. The van der Waals surface area contributed by atoms with Crippen LogP contribution in [0.5, 0.6) is 0 Å². The highest BCUT2D eigenvalue weighted by Crippen LogP contribution is 2.16. The maximum atomic E-state index is 12.4. The van der Waals surface area contributed by atoms with Gasteiger partial charge in [-0.1, -0.05) is 30.3 Å². The number of anilines is 1. The molecule has 2 heterocycles. The van der Waals surface area contributed by atoms with Gasteiger partial charge in [0.05, 0.1) is 12.1 Å². The maximum absolute atomic E-state index is 12.4. The number of nitrogens with zero attached hydrogens (tertiary/aromatic N) is 2. The smallest absolute Gasteiger partial charge is 0.324 e. The lowest BCUT2D eigenvalue weighted by atomic mass is 10.1.